The summed E-state index contributed by atoms with van der Waals surface area (Å²) >= 11 is 0. The van der Waals surface area contributed by atoms with Crippen molar-refractivity contribution in [3.63, 3.8) is 0 Å². The van der Waals surface area contributed by atoms with Crippen molar-refractivity contribution >= 4 is 17.6 Å². The molecule has 10 heteroatoms. The number of pyridine rings is 1. The van der Waals surface area contributed by atoms with Crippen molar-refractivity contribution in [1.29, 1.82) is 0 Å². The van der Waals surface area contributed by atoms with E-state index in [9.17, 15) is 23.5 Å². The Morgan fingerprint density at radius 1 is 1.14 bits per heavy atom. The van der Waals surface area contributed by atoms with E-state index in [2.05, 4.69) is 15.2 Å². The molecule has 36 heavy (non-hydrogen) atoms. The van der Waals surface area contributed by atoms with Gasteiger partial charge in [-0.3, -0.25) is 9.59 Å². The van der Waals surface area contributed by atoms with Crippen LogP contribution < -0.4 is 20.7 Å². The summed E-state index contributed by atoms with van der Waals surface area (Å²) in [5, 5.41) is 13.2. The summed E-state index contributed by atoms with van der Waals surface area (Å²) in [4.78, 5) is 31.6. The SMILES string of the molecule is CC(C)(Oc1cc(C(C)(C)O)c(F)cc1F)C(=O)NC1CC2CCC(C1)N2c1ncccc1C(N)=O. The molecule has 0 aliphatic carbocycles. The molecule has 1 aromatic carbocycles. The van der Waals surface area contributed by atoms with Crippen LogP contribution >= 0.6 is 0 Å². The van der Waals surface area contributed by atoms with Crippen molar-refractivity contribution < 1.29 is 28.2 Å². The minimum Gasteiger partial charge on any atom is -0.475 e. The van der Waals surface area contributed by atoms with Gasteiger partial charge in [0.2, 0.25) is 0 Å². The van der Waals surface area contributed by atoms with Crippen LogP contribution in [0.2, 0.25) is 0 Å². The molecule has 3 heterocycles. The van der Waals surface area contributed by atoms with E-state index in [0.29, 0.717) is 30.3 Å². The highest BCUT2D eigenvalue weighted by atomic mass is 19.1. The van der Waals surface area contributed by atoms with Crippen LogP contribution in [0, 0.1) is 11.6 Å². The Morgan fingerprint density at radius 3 is 2.36 bits per heavy atom. The van der Waals surface area contributed by atoms with E-state index in [0.717, 1.165) is 18.9 Å². The smallest absolute Gasteiger partial charge is 0.263 e. The van der Waals surface area contributed by atoms with Crippen LogP contribution in [0.1, 0.15) is 69.3 Å². The quantitative estimate of drug-likeness (QED) is 0.535. The Balaban J connectivity index is 1.46. The van der Waals surface area contributed by atoms with Gasteiger partial charge in [0.25, 0.3) is 11.8 Å². The molecule has 8 nitrogen and oxygen atoms in total. The third-order valence-corrected chi connectivity index (χ3v) is 6.96. The van der Waals surface area contributed by atoms with E-state index in [4.69, 9.17) is 10.5 Å². The zero-order valence-electron chi connectivity index (χ0n) is 20.8. The summed E-state index contributed by atoms with van der Waals surface area (Å²) in [6.45, 7) is 5.77. The predicted octanol–water partition coefficient (Wildman–Crippen LogP) is 3.16. The average molecular weight is 503 g/mol. The van der Waals surface area contributed by atoms with Crippen LogP contribution in [0.3, 0.4) is 0 Å². The molecule has 1 aromatic heterocycles. The molecule has 194 valence electrons. The zero-order valence-corrected chi connectivity index (χ0v) is 20.8. The number of rotatable bonds is 7. The number of piperidine rings is 1. The lowest BCUT2D eigenvalue weighted by Gasteiger charge is -2.41. The maximum absolute atomic E-state index is 14.5. The number of amides is 2. The van der Waals surface area contributed by atoms with Gasteiger partial charge in [-0.1, -0.05) is 0 Å². The van der Waals surface area contributed by atoms with Gasteiger partial charge < -0.3 is 25.8 Å². The number of primary amides is 1. The number of nitrogens with two attached hydrogens (primary N) is 1. The van der Waals surface area contributed by atoms with Crippen LogP contribution in [0.5, 0.6) is 5.75 Å². The summed E-state index contributed by atoms with van der Waals surface area (Å²) in [5.41, 5.74) is 2.76. The fourth-order valence-corrected chi connectivity index (χ4v) is 5.19. The number of hydrogen-bond donors (Lipinski definition) is 3. The van der Waals surface area contributed by atoms with E-state index in [1.165, 1.54) is 27.7 Å². The first kappa shape index (κ1) is 25.8. The molecular formula is C26H32F2N4O4. The predicted molar refractivity (Wildman–Crippen MR) is 130 cm³/mol. The molecule has 2 unspecified atom stereocenters. The molecule has 4 N–H and O–H groups in total. The largest absolute Gasteiger partial charge is 0.475 e. The van der Waals surface area contributed by atoms with E-state index < -0.39 is 34.7 Å². The van der Waals surface area contributed by atoms with Gasteiger partial charge in [0.15, 0.2) is 17.2 Å². The van der Waals surface area contributed by atoms with E-state index in [1.807, 2.05) is 0 Å². The van der Waals surface area contributed by atoms with Gasteiger partial charge in [-0.25, -0.2) is 13.8 Å². The maximum atomic E-state index is 14.5. The Hall–Kier alpha value is -3.27. The second-order valence-corrected chi connectivity index (χ2v) is 10.6. The number of benzene rings is 1. The normalized spacial score (nSPS) is 21.9. The highest BCUT2D eigenvalue weighted by Crippen LogP contribution is 2.40. The number of aromatic nitrogens is 1. The van der Waals surface area contributed by atoms with Crippen LogP contribution in [0.4, 0.5) is 14.6 Å². The Kier molecular flexibility index (Phi) is 6.68. The first-order valence-corrected chi connectivity index (χ1v) is 12.0. The summed E-state index contributed by atoms with van der Waals surface area (Å²) < 4.78 is 34.3. The number of hydrogen-bond acceptors (Lipinski definition) is 6. The molecule has 0 spiro atoms. The number of carbonyl (C=O) groups is 2. The van der Waals surface area contributed by atoms with Crippen molar-refractivity contribution in [2.75, 3.05) is 4.90 Å². The van der Waals surface area contributed by atoms with Crippen molar-refractivity contribution in [3.8, 4) is 5.75 Å². The number of halogens is 2. The molecule has 0 saturated carbocycles. The first-order valence-electron chi connectivity index (χ1n) is 12.0. The lowest BCUT2D eigenvalue weighted by Crippen LogP contribution is -2.55. The molecule has 2 bridgehead atoms. The highest BCUT2D eigenvalue weighted by molar-refractivity contribution is 5.97. The van der Waals surface area contributed by atoms with Crippen LogP contribution in [0.25, 0.3) is 0 Å². The van der Waals surface area contributed by atoms with Crippen molar-refractivity contribution in [1.82, 2.24) is 10.3 Å². The summed E-state index contributed by atoms with van der Waals surface area (Å²) in [6.07, 6.45) is 4.70. The van der Waals surface area contributed by atoms with Crippen LogP contribution in [-0.2, 0) is 10.4 Å². The van der Waals surface area contributed by atoms with Gasteiger partial charge in [-0.05, 0) is 71.6 Å². The van der Waals surface area contributed by atoms with Gasteiger partial charge in [-0.15, -0.1) is 0 Å². The average Bonchev–Trinajstić information content (AvgIpc) is 3.04. The van der Waals surface area contributed by atoms with Crippen molar-refractivity contribution in [2.45, 2.75) is 82.7 Å². The number of carbonyl (C=O) groups excluding carboxylic acids is 2. The summed E-state index contributed by atoms with van der Waals surface area (Å²) in [6, 6.07) is 5.07. The second kappa shape index (κ2) is 9.31. The number of aliphatic hydroxyl groups is 1. The Labute approximate surface area is 208 Å². The van der Waals surface area contributed by atoms with Gasteiger partial charge in [0.1, 0.15) is 11.6 Å². The van der Waals surface area contributed by atoms with E-state index >= 15 is 0 Å². The topological polar surface area (TPSA) is 118 Å². The second-order valence-electron chi connectivity index (χ2n) is 10.6. The van der Waals surface area contributed by atoms with Crippen LogP contribution in [-0.4, -0.2) is 45.6 Å². The molecule has 4 rings (SSSR count). The molecule has 2 aromatic rings. The highest BCUT2D eigenvalue weighted by Gasteiger charge is 2.44. The molecule has 2 aliphatic rings. The summed E-state index contributed by atoms with van der Waals surface area (Å²) in [5.74, 6) is -2.59. The monoisotopic (exact) mass is 502 g/mol. The molecule has 2 atom stereocenters. The molecule has 2 fully saturated rings. The van der Waals surface area contributed by atoms with Gasteiger partial charge in [-0.2, -0.15) is 0 Å². The summed E-state index contributed by atoms with van der Waals surface area (Å²) in [7, 11) is 0. The Morgan fingerprint density at radius 2 is 1.78 bits per heavy atom. The van der Waals surface area contributed by atoms with Crippen LogP contribution in [0.15, 0.2) is 30.5 Å². The molecular weight excluding hydrogens is 470 g/mol. The zero-order chi connectivity index (χ0) is 26.4. The van der Waals surface area contributed by atoms with Gasteiger partial charge >= 0.3 is 0 Å². The number of nitrogens with one attached hydrogen (secondary N) is 1. The first-order chi connectivity index (χ1) is 16.8. The van der Waals surface area contributed by atoms with Crippen molar-refractivity contribution in [3.05, 3.63) is 53.2 Å². The lowest BCUT2D eigenvalue weighted by atomic mass is 9.95. The minimum absolute atomic E-state index is 0.0787. The van der Waals surface area contributed by atoms with Gasteiger partial charge in [0.05, 0.1) is 11.2 Å². The molecule has 0 radical (unpaired) electrons. The lowest BCUT2D eigenvalue weighted by molar-refractivity contribution is -0.135. The fraction of sp³-hybridized carbons (Fsp3) is 0.500. The molecule has 2 saturated heterocycles. The van der Waals surface area contributed by atoms with E-state index in [-0.39, 0.29) is 29.4 Å². The number of ether oxygens (including phenoxy) is 1. The molecule has 2 aliphatic heterocycles. The molecule has 2 amide bonds. The Bertz CT molecular complexity index is 1170. The number of fused-ring (bicyclic) bond motifs is 2. The third kappa shape index (κ3) is 5.00. The minimum atomic E-state index is -1.56. The maximum Gasteiger partial charge on any atom is 0.263 e. The standard InChI is InChI=1S/C26H32F2N4O4/c1-25(2,35)18-12-21(20(28)13-19(18)27)36-26(3,4)24(34)31-14-10-15-7-8-16(11-14)32(15)23-17(22(29)33)6-5-9-30-23/h5-6,9,12-16,35H,7-8,10-11H2,1-4H3,(H2,29,33)(H,31,34). The third-order valence-electron chi connectivity index (χ3n) is 6.96. The number of anilines is 1. The van der Waals surface area contributed by atoms with E-state index in [1.54, 1.807) is 18.3 Å². The number of nitrogens with zero attached hydrogens (tertiary/aromatic N) is 2. The van der Waals surface area contributed by atoms with Gasteiger partial charge in [0, 0.05) is 36.0 Å². The fourth-order valence-electron chi connectivity index (χ4n) is 5.19. The van der Waals surface area contributed by atoms with Crippen molar-refractivity contribution in [2.24, 2.45) is 5.73 Å².